The van der Waals surface area contributed by atoms with E-state index < -0.39 is 0 Å². The number of rotatable bonds is 6. The van der Waals surface area contributed by atoms with Gasteiger partial charge in [-0.3, -0.25) is 0 Å². The Balaban J connectivity index is 2.13. The Labute approximate surface area is 85.3 Å². The van der Waals surface area contributed by atoms with E-state index in [1.807, 2.05) is 6.92 Å². The fourth-order valence-corrected chi connectivity index (χ4v) is 1.13. The van der Waals surface area contributed by atoms with Crippen LogP contribution >= 0.6 is 0 Å². The van der Waals surface area contributed by atoms with Gasteiger partial charge in [-0.05, 0) is 20.5 Å². The van der Waals surface area contributed by atoms with E-state index in [9.17, 15) is 0 Å². The van der Waals surface area contributed by atoms with Crippen molar-refractivity contribution in [3.05, 3.63) is 17.8 Å². The lowest BCUT2D eigenvalue weighted by Gasteiger charge is -2.13. The molecule has 0 unspecified atom stereocenters. The molecule has 4 nitrogen and oxygen atoms in total. The lowest BCUT2D eigenvalue weighted by molar-refractivity contribution is 0.345. The zero-order valence-electron chi connectivity index (χ0n) is 9.21. The van der Waals surface area contributed by atoms with E-state index in [2.05, 4.69) is 29.2 Å². The van der Waals surface area contributed by atoms with Gasteiger partial charge in [-0.15, -0.1) is 0 Å². The summed E-state index contributed by atoms with van der Waals surface area (Å²) in [6, 6.07) is 0. The predicted molar refractivity (Wildman–Crippen MR) is 56.1 cm³/mol. The molecule has 0 atom stereocenters. The molecule has 1 N–H and O–H groups in total. The molecule has 0 aliphatic heterocycles. The van der Waals surface area contributed by atoms with Crippen LogP contribution in [0.5, 0.6) is 0 Å². The van der Waals surface area contributed by atoms with E-state index in [-0.39, 0.29) is 0 Å². The Morgan fingerprint density at radius 1 is 1.57 bits per heavy atom. The summed E-state index contributed by atoms with van der Waals surface area (Å²) in [5, 5.41) is 3.32. The summed E-state index contributed by atoms with van der Waals surface area (Å²) in [5.74, 6) is 0.934. The minimum atomic E-state index is 0.767. The first-order valence-corrected chi connectivity index (χ1v) is 5.02. The van der Waals surface area contributed by atoms with Crippen LogP contribution in [0.4, 0.5) is 0 Å². The summed E-state index contributed by atoms with van der Waals surface area (Å²) in [6.07, 6.45) is 1.49. The third kappa shape index (κ3) is 3.47. The molecule has 4 heteroatoms. The average Bonchev–Trinajstić information content (AvgIpc) is 2.58. The van der Waals surface area contributed by atoms with Crippen LogP contribution in [0, 0.1) is 6.92 Å². The van der Waals surface area contributed by atoms with E-state index in [0.29, 0.717) is 0 Å². The molecule has 1 aromatic heterocycles. The van der Waals surface area contributed by atoms with Crippen molar-refractivity contribution in [3.8, 4) is 0 Å². The summed E-state index contributed by atoms with van der Waals surface area (Å²) < 4.78 is 5.21. The smallest absolute Gasteiger partial charge is 0.181 e. The van der Waals surface area contributed by atoms with Gasteiger partial charge < -0.3 is 14.6 Å². The number of hydrogen-bond acceptors (Lipinski definition) is 4. The highest BCUT2D eigenvalue weighted by Gasteiger charge is 2.01. The molecule has 80 valence electrons. The van der Waals surface area contributed by atoms with Crippen molar-refractivity contribution in [1.29, 1.82) is 0 Å². The lowest BCUT2D eigenvalue weighted by Crippen LogP contribution is -2.28. The summed E-state index contributed by atoms with van der Waals surface area (Å²) >= 11 is 0. The summed E-state index contributed by atoms with van der Waals surface area (Å²) in [6.45, 7) is 8.00. The summed E-state index contributed by atoms with van der Waals surface area (Å²) in [7, 11) is 2.11. The Morgan fingerprint density at radius 2 is 2.36 bits per heavy atom. The van der Waals surface area contributed by atoms with Crippen LogP contribution in [-0.4, -0.2) is 36.6 Å². The van der Waals surface area contributed by atoms with E-state index in [1.54, 1.807) is 0 Å². The maximum Gasteiger partial charge on any atom is 0.181 e. The van der Waals surface area contributed by atoms with Crippen LogP contribution in [-0.2, 0) is 6.54 Å². The number of aromatic nitrogens is 1. The van der Waals surface area contributed by atoms with Gasteiger partial charge in [0.25, 0.3) is 0 Å². The minimum Gasteiger partial charge on any atom is -0.447 e. The molecule has 0 spiro atoms. The number of oxazole rings is 1. The van der Waals surface area contributed by atoms with Crippen molar-refractivity contribution < 1.29 is 4.42 Å². The molecule has 0 bridgehead atoms. The van der Waals surface area contributed by atoms with Crippen LogP contribution in [0.15, 0.2) is 10.8 Å². The molecule has 0 amide bonds. The van der Waals surface area contributed by atoms with Crippen molar-refractivity contribution in [1.82, 2.24) is 15.2 Å². The molecule has 0 aliphatic carbocycles. The van der Waals surface area contributed by atoms with E-state index in [4.69, 9.17) is 4.42 Å². The van der Waals surface area contributed by atoms with Crippen molar-refractivity contribution in [2.75, 3.05) is 26.7 Å². The Morgan fingerprint density at radius 3 is 2.93 bits per heavy atom. The first-order valence-electron chi connectivity index (χ1n) is 5.02. The van der Waals surface area contributed by atoms with Crippen LogP contribution in [0.3, 0.4) is 0 Å². The molecule has 1 aromatic rings. The van der Waals surface area contributed by atoms with Crippen LogP contribution in [0.1, 0.15) is 18.4 Å². The highest BCUT2D eigenvalue weighted by molar-refractivity contribution is 5.03. The second kappa shape index (κ2) is 5.78. The highest BCUT2D eigenvalue weighted by atomic mass is 16.3. The van der Waals surface area contributed by atoms with Crippen molar-refractivity contribution in [3.63, 3.8) is 0 Å². The number of nitrogens with zero attached hydrogens (tertiary/aromatic N) is 2. The highest BCUT2D eigenvalue weighted by Crippen LogP contribution is 2.03. The van der Waals surface area contributed by atoms with Gasteiger partial charge in [0.15, 0.2) is 6.39 Å². The van der Waals surface area contributed by atoms with E-state index in [1.165, 1.54) is 6.39 Å². The molecular formula is C10H19N3O. The molecule has 0 fully saturated rings. The van der Waals surface area contributed by atoms with Gasteiger partial charge in [-0.2, -0.15) is 0 Å². The quantitative estimate of drug-likeness (QED) is 0.691. The molecule has 0 radical (unpaired) electrons. The molecule has 0 saturated heterocycles. The largest absolute Gasteiger partial charge is 0.447 e. The fraction of sp³-hybridized carbons (Fsp3) is 0.700. The normalized spacial score (nSPS) is 11.1. The van der Waals surface area contributed by atoms with Gasteiger partial charge in [0, 0.05) is 13.1 Å². The second-order valence-corrected chi connectivity index (χ2v) is 3.43. The van der Waals surface area contributed by atoms with Crippen LogP contribution in [0.25, 0.3) is 0 Å². The maximum atomic E-state index is 5.21. The monoisotopic (exact) mass is 197 g/mol. The summed E-state index contributed by atoms with van der Waals surface area (Å²) in [4.78, 5) is 6.29. The van der Waals surface area contributed by atoms with Crippen molar-refractivity contribution in [2.45, 2.75) is 20.4 Å². The van der Waals surface area contributed by atoms with E-state index >= 15 is 0 Å². The van der Waals surface area contributed by atoms with Crippen LogP contribution in [0.2, 0.25) is 0 Å². The fourth-order valence-electron chi connectivity index (χ4n) is 1.13. The maximum absolute atomic E-state index is 5.21. The molecule has 0 aliphatic rings. The van der Waals surface area contributed by atoms with Gasteiger partial charge in [0.05, 0.1) is 12.2 Å². The van der Waals surface area contributed by atoms with Gasteiger partial charge >= 0.3 is 0 Å². The molecular weight excluding hydrogens is 178 g/mol. The Bertz CT molecular complexity index is 260. The standard InChI is InChI=1S/C10H19N3O/c1-4-13(3)6-5-11-7-10-9(2)12-8-14-10/h8,11H,4-7H2,1-3H3. The third-order valence-electron chi connectivity index (χ3n) is 2.34. The number of nitrogens with one attached hydrogen (secondary N) is 1. The van der Waals surface area contributed by atoms with E-state index in [0.717, 1.165) is 37.6 Å². The van der Waals surface area contributed by atoms with Crippen molar-refractivity contribution >= 4 is 0 Å². The van der Waals surface area contributed by atoms with Crippen LogP contribution < -0.4 is 5.32 Å². The SMILES string of the molecule is CCN(C)CCNCc1ocnc1C. The van der Waals surface area contributed by atoms with Gasteiger partial charge in [-0.25, -0.2) is 4.98 Å². The number of hydrogen-bond donors (Lipinski definition) is 1. The molecule has 0 saturated carbocycles. The zero-order valence-corrected chi connectivity index (χ0v) is 9.21. The number of likely N-dealkylation sites (N-methyl/N-ethyl adjacent to an activating group) is 1. The van der Waals surface area contributed by atoms with Gasteiger partial charge in [-0.1, -0.05) is 6.92 Å². The molecule has 1 rings (SSSR count). The zero-order chi connectivity index (χ0) is 10.4. The average molecular weight is 197 g/mol. The van der Waals surface area contributed by atoms with Gasteiger partial charge in [0.2, 0.25) is 0 Å². The Kier molecular flexibility index (Phi) is 4.62. The van der Waals surface area contributed by atoms with Gasteiger partial charge in [0.1, 0.15) is 5.76 Å². The molecule has 14 heavy (non-hydrogen) atoms. The predicted octanol–water partition coefficient (Wildman–Crippen LogP) is 1.02. The first-order chi connectivity index (χ1) is 6.74. The minimum absolute atomic E-state index is 0.767. The van der Waals surface area contributed by atoms with Crippen molar-refractivity contribution in [2.24, 2.45) is 0 Å². The molecule has 1 heterocycles. The lowest BCUT2D eigenvalue weighted by atomic mass is 10.3. The first kappa shape index (κ1) is 11.2. The molecule has 0 aromatic carbocycles. The second-order valence-electron chi connectivity index (χ2n) is 3.43. The third-order valence-corrected chi connectivity index (χ3v) is 2.34. The summed E-state index contributed by atoms with van der Waals surface area (Å²) in [5.41, 5.74) is 0.973. The topological polar surface area (TPSA) is 41.3 Å². The number of aryl methyl sites for hydroxylation is 1. The Hall–Kier alpha value is -0.870.